The fraction of sp³-hybridized carbons (Fsp3) is 0.150. The van der Waals surface area contributed by atoms with Crippen LogP contribution < -0.4 is 20.6 Å². The lowest BCUT2D eigenvalue weighted by Crippen LogP contribution is -2.22. The van der Waals surface area contributed by atoms with E-state index in [1.807, 2.05) is 0 Å². The quantitative estimate of drug-likeness (QED) is 0.213. The molecule has 0 unspecified atom stereocenters. The molecule has 0 aliphatic heterocycles. The van der Waals surface area contributed by atoms with E-state index < -0.39 is 46.6 Å². The maximum atomic E-state index is 14.4. The third kappa shape index (κ3) is 4.80. The number of nitrogens with zero attached hydrogens (tertiary/aromatic N) is 2. The van der Waals surface area contributed by atoms with Crippen LogP contribution in [0.15, 0.2) is 41.3 Å². The van der Waals surface area contributed by atoms with E-state index in [1.54, 1.807) is 24.3 Å². The Labute approximate surface area is 178 Å². The molecule has 0 atom stereocenters. The van der Waals surface area contributed by atoms with Gasteiger partial charge in [0.05, 0.1) is 5.39 Å². The van der Waals surface area contributed by atoms with Crippen molar-refractivity contribution in [2.45, 2.75) is 6.54 Å². The molecule has 1 aromatic carbocycles. The SMILES string of the molecule is N=C(N)c1ccc(OCCOc2nc3c(cc2F)c(=O)c(C(=O)O)cn3CC(=O)O)cc1. The molecule has 5 N–H and O–H groups in total. The number of nitrogens with one attached hydrogen (secondary N) is 1. The molecule has 0 spiro atoms. The molecular weight excluding hydrogens is 427 g/mol. The average Bonchev–Trinajstić information content (AvgIpc) is 2.73. The van der Waals surface area contributed by atoms with E-state index >= 15 is 0 Å². The van der Waals surface area contributed by atoms with Gasteiger partial charge in [0.2, 0.25) is 5.43 Å². The number of carbonyl (C=O) groups is 2. The first-order valence-corrected chi connectivity index (χ1v) is 9.06. The number of nitrogen functional groups attached to an aromatic ring is 1. The van der Waals surface area contributed by atoms with Gasteiger partial charge in [-0.25, -0.2) is 9.18 Å². The van der Waals surface area contributed by atoms with Crippen LogP contribution >= 0.6 is 0 Å². The zero-order valence-electron chi connectivity index (χ0n) is 16.4. The number of fused-ring (bicyclic) bond motifs is 1. The number of aromatic nitrogens is 2. The number of carboxylic acids is 2. The molecule has 3 rings (SSSR count). The number of hydrogen-bond donors (Lipinski definition) is 4. The predicted molar refractivity (Wildman–Crippen MR) is 109 cm³/mol. The van der Waals surface area contributed by atoms with Crippen LogP contribution in [0, 0.1) is 11.2 Å². The van der Waals surface area contributed by atoms with Crippen LogP contribution in [0.25, 0.3) is 11.0 Å². The number of aliphatic carboxylic acids is 1. The minimum absolute atomic E-state index is 0.00153. The monoisotopic (exact) mass is 444 g/mol. The Morgan fingerprint density at radius 3 is 2.41 bits per heavy atom. The fourth-order valence-corrected chi connectivity index (χ4v) is 2.82. The van der Waals surface area contributed by atoms with E-state index in [4.69, 9.17) is 30.8 Å². The molecule has 0 bridgehead atoms. The number of halogens is 1. The summed E-state index contributed by atoms with van der Waals surface area (Å²) in [6.45, 7) is -0.840. The minimum atomic E-state index is -1.58. The molecule has 166 valence electrons. The van der Waals surface area contributed by atoms with E-state index in [1.165, 1.54) is 0 Å². The molecule has 0 aliphatic carbocycles. The molecule has 0 saturated carbocycles. The maximum absolute atomic E-state index is 14.4. The molecule has 0 aliphatic rings. The molecule has 12 heteroatoms. The van der Waals surface area contributed by atoms with E-state index in [9.17, 15) is 18.8 Å². The van der Waals surface area contributed by atoms with Crippen molar-refractivity contribution in [2.24, 2.45) is 5.73 Å². The van der Waals surface area contributed by atoms with Gasteiger partial charge < -0.3 is 30.0 Å². The summed E-state index contributed by atoms with van der Waals surface area (Å²) in [4.78, 5) is 38.6. The van der Waals surface area contributed by atoms with E-state index in [2.05, 4.69) is 4.98 Å². The van der Waals surface area contributed by atoms with Crippen molar-refractivity contribution >= 4 is 28.8 Å². The molecule has 0 radical (unpaired) electrons. The molecule has 0 fully saturated rings. The van der Waals surface area contributed by atoms with Gasteiger partial charge in [-0.3, -0.25) is 15.0 Å². The first kappa shape index (κ1) is 22.2. The third-order valence-corrected chi connectivity index (χ3v) is 4.26. The number of amidine groups is 1. The molecule has 2 heterocycles. The molecule has 0 saturated heterocycles. The van der Waals surface area contributed by atoms with Crippen LogP contribution in [-0.2, 0) is 11.3 Å². The summed E-state index contributed by atoms with van der Waals surface area (Å²) in [6.07, 6.45) is 0.837. The lowest BCUT2D eigenvalue weighted by atomic mass is 10.2. The van der Waals surface area contributed by atoms with Gasteiger partial charge in [-0.1, -0.05) is 0 Å². The highest BCUT2D eigenvalue weighted by Crippen LogP contribution is 2.20. The third-order valence-electron chi connectivity index (χ3n) is 4.26. The van der Waals surface area contributed by atoms with Crippen molar-refractivity contribution in [3.63, 3.8) is 0 Å². The largest absolute Gasteiger partial charge is 0.490 e. The van der Waals surface area contributed by atoms with Gasteiger partial charge in [0.1, 0.15) is 42.6 Å². The summed E-state index contributed by atoms with van der Waals surface area (Å²) in [6, 6.07) is 7.13. The number of pyridine rings is 2. The second-order valence-corrected chi connectivity index (χ2v) is 6.48. The number of benzene rings is 1. The van der Waals surface area contributed by atoms with Gasteiger partial charge in [-0.05, 0) is 30.3 Å². The number of nitrogens with two attached hydrogens (primary N) is 1. The van der Waals surface area contributed by atoms with E-state index in [-0.39, 0.29) is 24.7 Å². The second kappa shape index (κ2) is 9.12. The number of hydrogen-bond acceptors (Lipinski definition) is 7. The fourth-order valence-electron chi connectivity index (χ4n) is 2.82. The average molecular weight is 444 g/mol. The van der Waals surface area contributed by atoms with E-state index in [0.29, 0.717) is 11.3 Å². The lowest BCUT2D eigenvalue weighted by molar-refractivity contribution is -0.137. The first-order valence-electron chi connectivity index (χ1n) is 9.06. The van der Waals surface area contributed by atoms with Crippen molar-refractivity contribution < 1.29 is 33.7 Å². The molecule has 11 nitrogen and oxygen atoms in total. The molecule has 3 aromatic rings. The predicted octanol–water partition coefficient (Wildman–Crippen LogP) is 1.06. The highest BCUT2D eigenvalue weighted by Gasteiger charge is 2.19. The van der Waals surface area contributed by atoms with Crippen molar-refractivity contribution in [2.75, 3.05) is 13.2 Å². The van der Waals surface area contributed by atoms with E-state index in [0.717, 1.165) is 16.8 Å². The van der Waals surface area contributed by atoms with Crippen molar-refractivity contribution in [1.29, 1.82) is 5.41 Å². The van der Waals surface area contributed by atoms with Crippen molar-refractivity contribution in [1.82, 2.24) is 9.55 Å². The smallest absolute Gasteiger partial charge is 0.341 e. The van der Waals surface area contributed by atoms with Gasteiger partial charge in [0.25, 0.3) is 5.88 Å². The Bertz CT molecular complexity index is 1270. The van der Waals surface area contributed by atoms with Crippen LogP contribution in [0.2, 0.25) is 0 Å². The first-order chi connectivity index (χ1) is 15.2. The molecule has 2 aromatic heterocycles. The van der Waals surface area contributed by atoms with Crippen LogP contribution in [0.5, 0.6) is 11.6 Å². The minimum Gasteiger partial charge on any atom is -0.490 e. The van der Waals surface area contributed by atoms with Gasteiger partial charge in [-0.2, -0.15) is 4.98 Å². The number of ether oxygens (including phenoxy) is 2. The molecular formula is C20H17FN4O7. The van der Waals surface area contributed by atoms with Crippen molar-refractivity contribution in [3.8, 4) is 11.6 Å². The maximum Gasteiger partial charge on any atom is 0.341 e. The highest BCUT2D eigenvalue weighted by molar-refractivity contribution is 5.95. The number of carboxylic acid groups (broad SMARTS) is 2. The normalized spacial score (nSPS) is 10.7. The lowest BCUT2D eigenvalue weighted by Gasteiger charge is -2.12. The standard InChI is InChI=1S/C20H17FN4O7/c21-14-7-12-16(28)13(20(29)30)8-25(9-15(26)27)18(12)24-19(14)32-6-5-31-11-3-1-10(2-4-11)17(22)23/h1-4,7-8H,5-6,9H2,(H3,22,23)(H,26,27)(H,29,30). The zero-order valence-corrected chi connectivity index (χ0v) is 16.4. The summed E-state index contributed by atoms with van der Waals surface area (Å²) in [5.41, 5.74) is 3.95. The topological polar surface area (TPSA) is 178 Å². The zero-order chi connectivity index (χ0) is 23.4. The Morgan fingerprint density at radius 1 is 1.16 bits per heavy atom. The van der Waals surface area contributed by atoms with Gasteiger partial charge in [0.15, 0.2) is 5.82 Å². The van der Waals surface area contributed by atoms with Crippen LogP contribution in [0.1, 0.15) is 15.9 Å². The number of rotatable bonds is 9. The van der Waals surface area contributed by atoms with Gasteiger partial charge in [-0.15, -0.1) is 0 Å². The highest BCUT2D eigenvalue weighted by atomic mass is 19.1. The summed E-state index contributed by atoms with van der Waals surface area (Å²) >= 11 is 0. The van der Waals surface area contributed by atoms with Gasteiger partial charge >= 0.3 is 11.9 Å². The summed E-state index contributed by atoms with van der Waals surface area (Å²) < 4.78 is 26.0. The molecule has 0 amide bonds. The summed E-state index contributed by atoms with van der Waals surface area (Å²) in [5, 5.41) is 25.2. The molecule has 32 heavy (non-hydrogen) atoms. The Balaban J connectivity index is 1.81. The van der Waals surface area contributed by atoms with Crippen LogP contribution in [-0.4, -0.2) is 50.8 Å². The Hall–Kier alpha value is -4.48. The summed E-state index contributed by atoms with van der Waals surface area (Å²) in [7, 11) is 0. The Morgan fingerprint density at radius 2 is 1.81 bits per heavy atom. The van der Waals surface area contributed by atoms with Crippen molar-refractivity contribution in [3.05, 3.63) is 63.7 Å². The summed E-state index contributed by atoms with van der Waals surface area (Å²) in [5.74, 6) is -4.05. The van der Waals surface area contributed by atoms with Crippen LogP contribution in [0.4, 0.5) is 4.39 Å². The number of aromatic carboxylic acids is 1. The van der Waals surface area contributed by atoms with Crippen LogP contribution in [0.3, 0.4) is 0 Å². The van der Waals surface area contributed by atoms with Gasteiger partial charge in [0, 0.05) is 11.8 Å². The second-order valence-electron chi connectivity index (χ2n) is 6.48. The Kier molecular flexibility index (Phi) is 6.33.